The molecule has 0 aliphatic carbocycles. The lowest BCUT2D eigenvalue weighted by atomic mass is 10.2. The molecule has 0 saturated heterocycles. The Bertz CT molecular complexity index is 3040. The van der Waals surface area contributed by atoms with Crippen molar-refractivity contribution >= 4 is 69.6 Å². The van der Waals surface area contributed by atoms with E-state index in [1.807, 2.05) is 53.3 Å². The third-order valence-corrected chi connectivity index (χ3v) is 12.3. The number of hydrogen-bond acceptors (Lipinski definition) is 6. The fraction of sp³-hybridized carbons (Fsp3) is 0.191. The van der Waals surface area contributed by atoms with Crippen LogP contribution in [-0.2, 0) is 39.3 Å². The molecule has 4 aromatic carbocycles. The van der Waals surface area contributed by atoms with Gasteiger partial charge < -0.3 is 9.13 Å². The van der Waals surface area contributed by atoms with E-state index in [4.69, 9.17) is 69.6 Å². The van der Waals surface area contributed by atoms with Crippen molar-refractivity contribution in [3.05, 3.63) is 208 Å². The van der Waals surface area contributed by atoms with Crippen LogP contribution in [-0.4, -0.2) is 47.8 Å². The molecule has 4 heterocycles. The third kappa shape index (κ3) is 10.9. The Balaban J connectivity index is 0.000000212. The highest BCUT2D eigenvalue weighted by Gasteiger charge is 2.20. The van der Waals surface area contributed by atoms with E-state index >= 15 is 0 Å². The molecule has 0 N–H and O–H groups in total. The van der Waals surface area contributed by atoms with Gasteiger partial charge in [0.15, 0.2) is 11.6 Å². The zero-order chi connectivity index (χ0) is 45.7. The molecule has 336 valence electrons. The molecule has 65 heavy (non-hydrogen) atoms. The van der Waals surface area contributed by atoms with E-state index in [2.05, 4.69) is 33.3 Å². The maximum Gasteiger partial charge on any atom is 0.346 e. The van der Waals surface area contributed by atoms with Gasteiger partial charge in [-0.25, -0.2) is 28.9 Å². The minimum atomic E-state index is -0.238. The summed E-state index contributed by atoms with van der Waals surface area (Å²) in [5.41, 5.74) is 6.00. The predicted molar refractivity (Wildman–Crippen MR) is 264 cm³/mol. The summed E-state index contributed by atoms with van der Waals surface area (Å²) in [5.74, 6) is 1.09. The van der Waals surface area contributed by atoms with Gasteiger partial charge in [-0.15, -0.1) is 23.4 Å². The quantitative estimate of drug-likeness (QED) is 0.100. The number of rotatable bonds is 14. The number of hydrogen-bond donors (Lipinski definition) is 0. The Kier molecular flexibility index (Phi) is 16.2. The van der Waals surface area contributed by atoms with Gasteiger partial charge in [0.1, 0.15) is 0 Å². The average Bonchev–Trinajstić information content (AvgIpc) is 3.99. The molecular weight excluding hydrogens is 949 g/mol. The van der Waals surface area contributed by atoms with Crippen LogP contribution < -0.4 is 11.4 Å². The van der Waals surface area contributed by atoms with Crippen molar-refractivity contribution in [1.29, 1.82) is 0 Å². The second kappa shape index (κ2) is 21.6. The molecule has 0 unspecified atom stereocenters. The van der Waals surface area contributed by atoms with Gasteiger partial charge in [0.2, 0.25) is 0 Å². The monoisotopic (exact) mass is 990 g/mol. The minimum absolute atomic E-state index is 0. The van der Waals surface area contributed by atoms with Gasteiger partial charge in [0.25, 0.3) is 0 Å². The van der Waals surface area contributed by atoms with Crippen molar-refractivity contribution in [2.24, 2.45) is 0 Å². The van der Waals surface area contributed by atoms with Crippen LogP contribution in [0.25, 0.3) is 22.8 Å². The summed E-state index contributed by atoms with van der Waals surface area (Å²) in [7, 11) is 0. The molecule has 18 heteroatoms. The van der Waals surface area contributed by atoms with Gasteiger partial charge in [0.05, 0.1) is 55.9 Å². The maximum absolute atomic E-state index is 13.2. The maximum atomic E-state index is 13.2. The molecule has 0 aliphatic heterocycles. The van der Waals surface area contributed by atoms with Crippen LogP contribution in [0.2, 0.25) is 30.1 Å². The largest absolute Gasteiger partial charge is 0.346 e. The number of aryl methyl sites for hydroxylation is 1. The zero-order valence-electron chi connectivity index (χ0n) is 34.6. The van der Waals surface area contributed by atoms with Crippen molar-refractivity contribution in [2.75, 3.05) is 0 Å². The second-order valence-corrected chi connectivity index (χ2v) is 17.1. The Morgan fingerprint density at radius 3 is 1.42 bits per heavy atom. The highest BCUT2D eigenvalue weighted by Crippen LogP contribution is 2.28. The summed E-state index contributed by atoms with van der Waals surface area (Å²) in [6, 6.07) is 25.2. The van der Waals surface area contributed by atoms with Crippen LogP contribution in [0, 0.1) is 13.8 Å². The molecule has 8 aromatic rings. The summed E-state index contributed by atoms with van der Waals surface area (Å²) in [6.07, 6.45) is 6.77. The van der Waals surface area contributed by atoms with Crippen LogP contribution >= 0.6 is 69.6 Å². The van der Waals surface area contributed by atoms with E-state index in [-0.39, 0.29) is 31.9 Å². The van der Waals surface area contributed by atoms with E-state index in [0.717, 1.165) is 45.0 Å². The predicted octanol–water partition coefficient (Wildman–Crippen LogP) is 11.6. The van der Waals surface area contributed by atoms with Crippen LogP contribution in [0.1, 0.15) is 41.3 Å². The molecule has 0 saturated carbocycles. The highest BCUT2D eigenvalue weighted by atomic mass is 35.5. The van der Waals surface area contributed by atoms with Gasteiger partial charge in [-0.1, -0.05) is 101 Å². The Labute approximate surface area is 406 Å². The summed E-state index contributed by atoms with van der Waals surface area (Å²) >= 11 is 37.4. The minimum Gasteiger partial charge on any atom is -0.330 e. The fourth-order valence-electron chi connectivity index (χ4n) is 6.94. The van der Waals surface area contributed by atoms with Crippen LogP contribution in [0.15, 0.2) is 132 Å². The molecule has 0 spiro atoms. The van der Waals surface area contributed by atoms with Gasteiger partial charge >= 0.3 is 11.4 Å². The molecule has 8 rings (SSSR count). The summed E-state index contributed by atoms with van der Waals surface area (Å²) in [4.78, 5) is 35.1. The number of imidazole rings is 2. The smallest absolute Gasteiger partial charge is 0.330 e. The molecule has 0 fully saturated rings. The lowest BCUT2D eigenvalue weighted by molar-refractivity contribution is 0.599. The van der Waals surface area contributed by atoms with Gasteiger partial charge in [0, 0.05) is 71.2 Å². The Morgan fingerprint density at radius 1 is 0.554 bits per heavy atom. The van der Waals surface area contributed by atoms with E-state index < -0.39 is 0 Å². The fourth-order valence-corrected chi connectivity index (χ4v) is 8.23. The number of aromatic nitrogens is 10. The first kappa shape index (κ1) is 48.8. The summed E-state index contributed by atoms with van der Waals surface area (Å²) in [5, 5.41) is 12.8. The van der Waals surface area contributed by atoms with Crippen molar-refractivity contribution in [1.82, 2.24) is 47.8 Å². The Morgan fingerprint density at radius 2 is 0.969 bits per heavy atom. The standard InChI is InChI=1S/2C23H20Cl3N5O.CH4/c1-3-11-30-22(16-7-9-17(24)10-8-16)28-31(23(30)32)13-21-15(2)29(14-27-21)12-18-19(25)5-4-6-20(18)26;1-3-11-30-22(16-7-9-17(24)10-8-16)28-31(23(30)32)13-21-15(2)27-14-29(21)12-18-19(25)5-4-6-20(18)26;/h2*3-10,14H,1,11-13H2,2H3;1H4. The Hall–Kier alpha value is -5.60. The first-order valence-corrected chi connectivity index (χ1v) is 22.0. The lowest BCUT2D eigenvalue weighted by Crippen LogP contribution is -2.26. The first-order chi connectivity index (χ1) is 30.8. The number of halogens is 6. The SMILES string of the molecule is C.C=CCn1c(-c2ccc(Cl)cc2)nn(Cc2c(C)ncn2Cc2c(Cl)cccc2Cl)c1=O.C=CCn1c(-c2ccc(Cl)cc2)nn(Cc2ncn(Cc3c(Cl)cccc3Cl)c2C)c1=O. The van der Waals surface area contributed by atoms with Crippen LogP contribution in [0.4, 0.5) is 0 Å². The molecule has 0 bridgehead atoms. The second-order valence-electron chi connectivity index (χ2n) is 14.5. The molecular formula is C47H44Cl6N10O2. The van der Waals surface area contributed by atoms with E-state index in [1.165, 1.54) is 9.36 Å². The number of benzene rings is 4. The summed E-state index contributed by atoms with van der Waals surface area (Å²) < 4.78 is 9.89. The van der Waals surface area contributed by atoms with Crippen LogP contribution in [0.3, 0.4) is 0 Å². The molecule has 12 nitrogen and oxygen atoms in total. The van der Waals surface area contributed by atoms with E-state index in [0.29, 0.717) is 68.0 Å². The van der Waals surface area contributed by atoms with E-state index in [1.54, 1.807) is 88.5 Å². The molecule has 0 radical (unpaired) electrons. The topological polar surface area (TPSA) is 115 Å². The third-order valence-electron chi connectivity index (χ3n) is 10.4. The zero-order valence-corrected chi connectivity index (χ0v) is 39.1. The van der Waals surface area contributed by atoms with Crippen molar-refractivity contribution in [3.8, 4) is 22.8 Å². The highest BCUT2D eigenvalue weighted by molar-refractivity contribution is 6.36. The van der Waals surface area contributed by atoms with Gasteiger partial charge in [-0.3, -0.25) is 9.13 Å². The van der Waals surface area contributed by atoms with Crippen LogP contribution in [0.5, 0.6) is 0 Å². The summed E-state index contributed by atoms with van der Waals surface area (Å²) in [6.45, 7) is 13.4. The molecule has 4 aromatic heterocycles. The average molecular weight is 994 g/mol. The molecule has 0 aliphatic rings. The number of nitrogens with zero attached hydrogens (tertiary/aromatic N) is 10. The van der Waals surface area contributed by atoms with E-state index in [9.17, 15) is 9.59 Å². The molecule has 0 atom stereocenters. The van der Waals surface area contributed by atoms with Gasteiger partial charge in [-0.2, -0.15) is 0 Å². The van der Waals surface area contributed by atoms with Crippen molar-refractivity contribution in [3.63, 3.8) is 0 Å². The van der Waals surface area contributed by atoms with Crippen molar-refractivity contribution in [2.45, 2.75) is 60.5 Å². The molecule has 0 amide bonds. The van der Waals surface area contributed by atoms with Gasteiger partial charge in [-0.05, 0) is 86.6 Å². The first-order valence-electron chi connectivity index (χ1n) is 19.7. The van der Waals surface area contributed by atoms with Crippen molar-refractivity contribution < 1.29 is 0 Å². The lowest BCUT2D eigenvalue weighted by Gasteiger charge is -2.11. The number of allylic oxidation sites excluding steroid dienone is 2. The normalized spacial score (nSPS) is 11.0.